The third kappa shape index (κ3) is 3.76. The van der Waals surface area contributed by atoms with Crippen molar-refractivity contribution in [2.45, 2.75) is 0 Å². The van der Waals surface area contributed by atoms with Crippen molar-refractivity contribution >= 4 is 45.1 Å². The molecule has 0 bridgehead atoms. The molecule has 182 valence electrons. The zero-order valence-electron chi connectivity index (χ0n) is 20.4. The first-order valence-electron chi connectivity index (χ1n) is 12.5. The fourth-order valence-electron chi connectivity index (χ4n) is 4.92. The van der Waals surface area contributed by atoms with E-state index in [9.17, 15) is 4.57 Å². The molecule has 2 heterocycles. The summed E-state index contributed by atoms with van der Waals surface area (Å²) in [4.78, 5) is 16.2. The molecule has 5 nitrogen and oxygen atoms in total. The maximum absolute atomic E-state index is 14.9. The molecule has 38 heavy (non-hydrogen) atoms. The summed E-state index contributed by atoms with van der Waals surface area (Å²) in [5.74, 6) is 1.59. The Morgan fingerprint density at radius 1 is 0.447 bits per heavy atom. The zero-order valence-corrected chi connectivity index (χ0v) is 21.3. The van der Waals surface area contributed by atoms with E-state index in [0.29, 0.717) is 0 Å². The Morgan fingerprint density at radius 3 is 1.29 bits per heavy atom. The van der Waals surface area contributed by atoms with Crippen molar-refractivity contribution in [3.8, 4) is 22.8 Å². The first kappa shape index (κ1) is 22.5. The molecule has 2 aromatic heterocycles. The molecule has 0 aliphatic heterocycles. The van der Waals surface area contributed by atoms with E-state index in [1.807, 2.05) is 127 Å². The van der Waals surface area contributed by atoms with Crippen LogP contribution in [-0.2, 0) is 4.57 Å². The van der Waals surface area contributed by atoms with Gasteiger partial charge in [0.2, 0.25) is 0 Å². The molecule has 6 heteroatoms. The van der Waals surface area contributed by atoms with Crippen molar-refractivity contribution < 1.29 is 4.57 Å². The highest BCUT2D eigenvalue weighted by Crippen LogP contribution is 2.43. The standard InChI is InChI=1S/C32H23N4OP/c37-38(24-8-2-1-3-9-24,25-18-14-22(15-19-25)31-33-27-10-4-5-11-28(27)34-31)26-20-16-23(17-21-26)32-35-29-12-6-7-13-30(29)36-32/h1-21H,(H,33,34)(H,35,36). The monoisotopic (exact) mass is 510 g/mol. The number of imidazole rings is 2. The van der Waals surface area contributed by atoms with Gasteiger partial charge in [-0.25, -0.2) is 9.97 Å². The Labute approximate surface area is 219 Å². The number of aromatic nitrogens is 4. The molecule has 7 aromatic rings. The van der Waals surface area contributed by atoms with Gasteiger partial charge in [-0.05, 0) is 24.3 Å². The number of hydrogen-bond acceptors (Lipinski definition) is 3. The number of fused-ring (bicyclic) bond motifs is 2. The fraction of sp³-hybridized carbons (Fsp3) is 0. The van der Waals surface area contributed by atoms with Gasteiger partial charge in [-0.3, -0.25) is 0 Å². The molecule has 0 unspecified atom stereocenters. The first-order valence-corrected chi connectivity index (χ1v) is 14.2. The molecule has 0 aliphatic rings. The Kier molecular flexibility index (Phi) is 5.31. The quantitative estimate of drug-likeness (QED) is 0.263. The highest BCUT2D eigenvalue weighted by atomic mass is 31.2. The summed E-state index contributed by atoms with van der Waals surface area (Å²) in [5.41, 5.74) is 5.73. The minimum absolute atomic E-state index is 0.778. The summed E-state index contributed by atoms with van der Waals surface area (Å²) < 4.78 is 14.9. The smallest absolute Gasteiger partial charge is 0.171 e. The summed E-state index contributed by atoms with van der Waals surface area (Å²) >= 11 is 0. The lowest BCUT2D eigenvalue weighted by Gasteiger charge is -2.20. The number of benzene rings is 5. The number of rotatable bonds is 5. The van der Waals surface area contributed by atoms with Crippen LogP contribution in [0.4, 0.5) is 0 Å². The highest BCUT2D eigenvalue weighted by Gasteiger charge is 2.30. The van der Waals surface area contributed by atoms with Crippen LogP contribution >= 0.6 is 7.14 Å². The maximum Gasteiger partial charge on any atom is 0.171 e. The number of nitrogens with zero attached hydrogens (tertiary/aromatic N) is 2. The normalized spacial score (nSPS) is 11.8. The predicted molar refractivity (Wildman–Crippen MR) is 156 cm³/mol. The Hall–Kier alpha value is -4.73. The zero-order chi connectivity index (χ0) is 25.5. The average molecular weight is 511 g/mol. The molecule has 0 saturated heterocycles. The molecule has 2 N–H and O–H groups in total. The Balaban J connectivity index is 1.29. The summed E-state index contributed by atoms with van der Waals surface area (Å²) in [6.07, 6.45) is 0. The highest BCUT2D eigenvalue weighted by molar-refractivity contribution is 7.85. The van der Waals surface area contributed by atoms with Crippen LogP contribution in [0.3, 0.4) is 0 Å². The second kappa shape index (κ2) is 8.98. The van der Waals surface area contributed by atoms with Gasteiger partial charge in [0.1, 0.15) is 11.6 Å². The van der Waals surface area contributed by atoms with Crippen LogP contribution in [0.25, 0.3) is 44.8 Å². The van der Waals surface area contributed by atoms with Crippen molar-refractivity contribution in [1.82, 2.24) is 19.9 Å². The number of aromatic amines is 2. The molecular weight excluding hydrogens is 487 g/mol. The molecule has 5 aromatic carbocycles. The molecule has 0 aliphatic carbocycles. The lowest BCUT2D eigenvalue weighted by molar-refractivity contribution is 0.592. The van der Waals surface area contributed by atoms with Gasteiger partial charge in [0.15, 0.2) is 7.14 Å². The van der Waals surface area contributed by atoms with Gasteiger partial charge < -0.3 is 14.5 Å². The average Bonchev–Trinajstić information content (AvgIpc) is 3.62. The van der Waals surface area contributed by atoms with Crippen LogP contribution in [0.5, 0.6) is 0 Å². The van der Waals surface area contributed by atoms with Crippen molar-refractivity contribution in [1.29, 1.82) is 0 Å². The lowest BCUT2D eigenvalue weighted by atomic mass is 10.2. The topological polar surface area (TPSA) is 74.4 Å². The van der Waals surface area contributed by atoms with E-state index in [1.165, 1.54) is 0 Å². The number of hydrogen-bond donors (Lipinski definition) is 2. The van der Waals surface area contributed by atoms with Crippen LogP contribution in [0, 0.1) is 0 Å². The van der Waals surface area contributed by atoms with E-state index in [4.69, 9.17) is 9.97 Å². The largest absolute Gasteiger partial charge is 0.338 e. The van der Waals surface area contributed by atoms with Gasteiger partial charge in [-0.1, -0.05) is 103 Å². The Bertz CT molecular complexity index is 1750. The van der Waals surface area contributed by atoms with Crippen molar-refractivity contribution in [2.75, 3.05) is 0 Å². The summed E-state index contributed by atoms with van der Waals surface area (Å²) in [6.45, 7) is 0. The van der Waals surface area contributed by atoms with Gasteiger partial charge in [-0.15, -0.1) is 0 Å². The molecular formula is C32H23N4OP. The van der Waals surface area contributed by atoms with E-state index in [2.05, 4.69) is 9.97 Å². The van der Waals surface area contributed by atoms with Crippen LogP contribution < -0.4 is 15.9 Å². The lowest BCUT2D eigenvalue weighted by Crippen LogP contribution is -2.25. The molecule has 0 spiro atoms. The van der Waals surface area contributed by atoms with Gasteiger partial charge in [-0.2, -0.15) is 0 Å². The van der Waals surface area contributed by atoms with Crippen LogP contribution in [0.1, 0.15) is 0 Å². The minimum Gasteiger partial charge on any atom is -0.338 e. The number of H-pyrrole nitrogens is 2. The Morgan fingerprint density at radius 2 is 0.842 bits per heavy atom. The molecule has 0 amide bonds. The number of nitrogens with one attached hydrogen (secondary N) is 2. The second-order valence-corrected chi connectivity index (χ2v) is 12.0. The van der Waals surface area contributed by atoms with E-state index in [-0.39, 0.29) is 0 Å². The second-order valence-electron chi connectivity index (χ2n) is 9.24. The number of para-hydroxylation sites is 4. The minimum atomic E-state index is -3.12. The molecule has 7 rings (SSSR count). The molecule has 0 saturated carbocycles. The van der Waals surface area contributed by atoms with Crippen molar-refractivity contribution in [3.05, 3.63) is 127 Å². The summed E-state index contributed by atoms with van der Waals surface area (Å²) in [5, 5.41) is 2.35. The molecule has 0 radical (unpaired) electrons. The first-order chi connectivity index (χ1) is 18.7. The van der Waals surface area contributed by atoms with Crippen molar-refractivity contribution in [2.24, 2.45) is 0 Å². The van der Waals surface area contributed by atoms with Gasteiger partial charge in [0.05, 0.1) is 22.1 Å². The van der Waals surface area contributed by atoms with Gasteiger partial charge in [0.25, 0.3) is 0 Å². The molecule has 0 fully saturated rings. The van der Waals surface area contributed by atoms with Crippen molar-refractivity contribution in [3.63, 3.8) is 0 Å². The maximum atomic E-state index is 14.9. The van der Waals surface area contributed by atoms with Crippen LogP contribution in [0.15, 0.2) is 127 Å². The van der Waals surface area contributed by atoms with E-state index >= 15 is 0 Å². The van der Waals surface area contributed by atoms with Crippen LogP contribution in [-0.4, -0.2) is 19.9 Å². The fourth-order valence-corrected chi connectivity index (χ4v) is 7.55. The van der Waals surface area contributed by atoms with E-state index in [0.717, 1.165) is 60.8 Å². The van der Waals surface area contributed by atoms with E-state index < -0.39 is 7.14 Å². The molecule has 0 atom stereocenters. The van der Waals surface area contributed by atoms with E-state index in [1.54, 1.807) is 0 Å². The van der Waals surface area contributed by atoms with Gasteiger partial charge >= 0.3 is 0 Å². The van der Waals surface area contributed by atoms with Gasteiger partial charge in [0, 0.05) is 27.0 Å². The SMILES string of the molecule is O=P(c1ccccc1)(c1ccc(-c2nc3ccccc3[nH]2)cc1)c1ccc(-c2nc3ccccc3[nH]2)cc1. The predicted octanol–water partition coefficient (Wildman–Crippen LogP) is 6.41. The third-order valence-corrected chi connectivity index (χ3v) is 9.98. The summed E-state index contributed by atoms with van der Waals surface area (Å²) in [7, 11) is -3.12. The third-order valence-electron chi connectivity index (χ3n) is 6.91. The summed E-state index contributed by atoms with van der Waals surface area (Å²) in [6, 6.07) is 41.5. The van der Waals surface area contributed by atoms with Crippen LogP contribution in [0.2, 0.25) is 0 Å².